The van der Waals surface area contributed by atoms with Gasteiger partial charge in [-0.1, -0.05) is 0 Å². The van der Waals surface area contributed by atoms with Crippen LogP contribution in [0.5, 0.6) is 0 Å². The predicted molar refractivity (Wildman–Crippen MR) is 78.9 cm³/mol. The van der Waals surface area contributed by atoms with Crippen LogP contribution in [0.1, 0.15) is 13.8 Å². The zero-order chi connectivity index (χ0) is 14.6. The minimum atomic E-state index is -0.386. The summed E-state index contributed by atoms with van der Waals surface area (Å²) in [7, 11) is 5.76. The second-order valence-electron chi connectivity index (χ2n) is 5.34. The van der Waals surface area contributed by atoms with Crippen LogP contribution >= 0.6 is 0 Å². The maximum absolute atomic E-state index is 10.9. The van der Waals surface area contributed by atoms with E-state index in [4.69, 9.17) is 0 Å². The van der Waals surface area contributed by atoms with Gasteiger partial charge in [-0.25, -0.2) is 0 Å². The summed E-state index contributed by atoms with van der Waals surface area (Å²) in [5.74, 6) is 0. The summed E-state index contributed by atoms with van der Waals surface area (Å²) in [6.07, 6.45) is 0. The number of nitrogens with zero attached hydrogens (tertiary/aromatic N) is 2. The zero-order valence-electron chi connectivity index (χ0n) is 12.2. The highest BCUT2D eigenvalue weighted by Gasteiger charge is 2.20. The number of likely N-dealkylation sites (N-methyl/N-ethyl adjacent to an activating group) is 1. The number of benzene rings is 1. The van der Waals surface area contributed by atoms with Crippen LogP contribution in [-0.2, 0) is 0 Å². The van der Waals surface area contributed by atoms with Gasteiger partial charge in [-0.05, 0) is 34.0 Å². The van der Waals surface area contributed by atoms with E-state index in [1.165, 1.54) is 6.07 Å². The number of hydrogen-bond donors (Lipinski definition) is 2. The highest BCUT2D eigenvalue weighted by molar-refractivity contribution is 5.63. The number of anilines is 2. The molecule has 0 bridgehead atoms. The van der Waals surface area contributed by atoms with E-state index in [9.17, 15) is 10.1 Å². The molecule has 6 nitrogen and oxygen atoms in total. The van der Waals surface area contributed by atoms with E-state index < -0.39 is 0 Å². The van der Waals surface area contributed by atoms with Crippen molar-refractivity contribution in [2.45, 2.75) is 19.4 Å². The Labute approximate surface area is 113 Å². The Morgan fingerprint density at radius 2 is 1.84 bits per heavy atom. The molecule has 1 rings (SSSR count). The van der Waals surface area contributed by atoms with Gasteiger partial charge >= 0.3 is 0 Å². The Bertz CT molecular complexity index is 458. The van der Waals surface area contributed by atoms with E-state index >= 15 is 0 Å². The third-order valence-corrected chi connectivity index (χ3v) is 3.35. The summed E-state index contributed by atoms with van der Waals surface area (Å²) in [6.45, 7) is 4.91. The van der Waals surface area contributed by atoms with Gasteiger partial charge in [0.1, 0.15) is 0 Å². The molecule has 0 aromatic heterocycles. The van der Waals surface area contributed by atoms with Gasteiger partial charge < -0.3 is 15.5 Å². The van der Waals surface area contributed by atoms with Crippen LogP contribution < -0.4 is 10.6 Å². The molecule has 0 fully saturated rings. The maximum Gasteiger partial charge on any atom is 0.273 e. The smallest absolute Gasteiger partial charge is 0.273 e. The van der Waals surface area contributed by atoms with Gasteiger partial charge in [0.05, 0.1) is 4.92 Å². The summed E-state index contributed by atoms with van der Waals surface area (Å²) in [6, 6.07) is 4.92. The zero-order valence-corrected chi connectivity index (χ0v) is 12.2. The average Bonchev–Trinajstić information content (AvgIpc) is 2.35. The molecule has 0 saturated carbocycles. The molecule has 6 heteroatoms. The Balaban J connectivity index is 2.89. The lowest BCUT2D eigenvalue weighted by Gasteiger charge is -2.33. The second kappa shape index (κ2) is 5.88. The standard InChI is InChI=1S/C13H22N4O2/c1-13(2,16(4)5)9-15-11-6-10(14-3)7-12(8-11)17(18)19/h6-8,14-15H,9H2,1-5H3. The van der Waals surface area contributed by atoms with Crippen LogP contribution in [0.3, 0.4) is 0 Å². The van der Waals surface area contributed by atoms with Gasteiger partial charge in [-0.3, -0.25) is 10.1 Å². The van der Waals surface area contributed by atoms with Crippen molar-refractivity contribution in [2.75, 3.05) is 38.3 Å². The first-order valence-corrected chi connectivity index (χ1v) is 6.15. The number of rotatable bonds is 6. The van der Waals surface area contributed by atoms with E-state index in [0.29, 0.717) is 6.54 Å². The topological polar surface area (TPSA) is 70.4 Å². The molecule has 0 aliphatic carbocycles. The van der Waals surface area contributed by atoms with Crippen LogP contribution in [0, 0.1) is 10.1 Å². The molecule has 2 N–H and O–H groups in total. The van der Waals surface area contributed by atoms with Crippen molar-refractivity contribution in [3.63, 3.8) is 0 Å². The van der Waals surface area contributed by atoms with Gasteiger partial charge in [0.15, 0.2) is 0 Å². The molecule has 1 aromatic rings. The highest BCUT2D eigenvalue weighted by atomic mass is 16.6. The molecule has 0 heterocycles. The van der Waals surface area contributed by atoms with E-state index in [2.05, 4.69) is 29.4 Å². The fraction of sp³-hybridized carbons (Fsp3) is 0.538. The van der Waals surface area contributed by atoms with Crippen LogP contribution in [0.25, 0.3) is 0 Å². The summed E-state index contributed by atoms with van der Waals surface area (Å²) in [5.41, 5.74) is 1.51. The van der Waals surface area contributed by atoms with Crippen molar-refractivity contribution < 1.29 is 4.92 Å². The molecule has 0 atom stereocenters. The fourth-order valence-corrected chi connectivity index (χ4v) is 1.44. The number of hydrogen-bond acceptors (Lipinski definition) is 5. The van der Waals surface area contributed by atoms with Crippen molar-refractivity contribution in [3.05, 3.63) is 28.3 Å². The van der Waals surface area contributed by atoms with E-state index in [1.807, 2.05) is 20.2 Å². The molecule has 1 aromatic carbocycles. The third kappa shape index (κ3) is 4.10. The lowest BCUT2D eigenvalue weighted by atomic mass is 10.0. The number of nitrogens with one attached hydrogen (secondary N) is 2. The van der Waals surface area contributed by atoms with E-state index in [1.54, 1.807) is 13.1 Å². The molecule has 0 radical (unpaired) electrons. The first-order valence-electron chi connectivity index (χ1n) is 6.15. The summed E-state index contributed by atoms with van der Waals surface area (Å²) >= 11 is 0. The maximum atomic E-state index is 10.9. The SMILES string of the molecule is CNc1cc(NCC(C)(C)N(C)C)cc([N+](=O)[O-])c1. The monoisotopic (exact) mass is 266 g/mol. The molecule has 0 aliphatic heterocycles. The normalized spacial score (nSPS) is 11.5. The molecule has 0 amide bonds. The summed E-state index contributed by atoms with van der Waals surface area (Å²) < 4.78 is 0. The lowest BCUT2D eigenvalue weighted by molar-refractivity contribution is -0.384. The summed E-state index contributed by atoms with van der Waals surface area (Å²) in [4.78, 5) is 12.6. The van der Waals surface area contributed by atoms with Gasteiger partial charge in [0, 0.05) is 42.6 Å². The Kier molecular flexibility index (Phi) is 4.72. The van der Waals surface area contributed by atoms with Gasteiger partial charge in [0.2, 0.25) is 0 Å². The molecular formula is C13H22N4O2. The van der Waals surface area contributed by atoms with E-state index in [-0.39, 0.29) is 16.1 Å². The molecule has 19 heavy (non-hydrogen) atoms. The van der Waals surface area contributed by atoms with Crippen molar-refractivity contribution >= 4 is 17.1 Å². The van der Waals surface area contributed by atoms with Crippen molar-refractivity contribution in [1.29, 1.82) is 0 Å². The second-order valence-corrected chi connectivity index (χ2v) is 5.34. The lowest BCUT2D eigenvalue weighted by Crippen LogP contribution is -2.44. The molecule has 0 unspecified atom stereocenters. The Morgan fingerprint density at radius 3 is 2.32 bits per heavy atom. The average molecular weight is 266 g/mol. The molecule has 0 aliphatic rings. The van der Waals surface area contributed by atoms with Gasteiger partial charge in [-0.2, -0.15) is 0 Å². The first-order chi connectivity index (χ1) is 8.76. The van der Waals surface area contributed by atoms with Crippen LogP contribution in [0.15, 0.2) is 18.2 Å². The van der Waals surface area contributed by atoms with Crippen molar-refractivity contribution in [1.82, 2.24) is 4.90 Å². The number of nitro benzene ring substituents is 1. The van der Waals surface area contributed by atoms with Crippen LogP contribution in [0.2, 0.25) is 0 Å². The molecular weight excluding hydrogens is 244 g/mol. The van der Waals surface area contributed by atoms with E-state index in [0.717, 1.165) is 11.4 Å². The molecule has 0 saturated heterocycles. The van der Waals surface area contributed by atoms with Gasteiger partial charge in [-0.15, -0.1) is 0 Å². The Morgan fingerprint density at radius 1 is 1.26 bits per heavy atom. The summed E-state index contributed by atoms with van der Waals surface area (Å²) in [5, 5.41) is 17.1. The van der Waals surface area contributed by atoms with Crippen molar-refractivity contribution in [2.24, 2.45) is 0 Å². The quantitative estimate of drug-likeness (QED) is 0.611. The highest BCUT2D eigenvalue weighted by Crippen LogP contribution is 2.24. The fourth-order valence-electron chi connectivity index (χ4n) is 1.44. The predicted octanol–water partition coefficient (Wildman–Crippen LogP) is 2.39. The van der Waals surface area contributed by atoms with Gasteiger partial charge in [0.25, 0.3) is 5.69 Å². The molecule has 0 spiro atoms. The number of nitro groups is 1. The third-order valence-electron chi connectivity index (χ3n) is 3.35. The Hall–Kier alpha value is -1.82. The minimum Gasteiger partial charge on any atom is -0.388 e. The van der Waals surface area contributed by atoms with Crippen LogP contribution in [0.4, 0.5) is 17.1 Å². The minimum absolute atomic E-state index is 0.0373. The van der Waals surface area contributed by atoms with Crippen molar-refractivity contribution in [3.8, 4) is 0 Å². The molecule has 106 valence electrons. The number of non-ortho nitro benzene ring substituents is 1. The van der Waals surface area contributed by atoms with Crippen LogP contribution in [-0.4, -0.2) is 43.0 Å². The largest absolute Gasteiger partial charge is 0.388 e. The first kappa shape index (κ1) is 15.2.